The minimum Gasteiger partial charge on any atom is -0.298 e. The van der Waals surface area contributed by atoms with Gasteiger partial charge in [0.1, 0.15) is 11.6 Å². The molecule has 5 aliphatic carbocycles. The van der Waals surface area contributed by atoms with Gasteiger partial charge in [-0.1, -0.05) is 12.8 Å². The van der Waals surface area contributed by atoms with Crippen LogP contribution in [0.2, 0.25) is 0 Å². The van der Waals surface area contributed by atoms with Crippen molar-refractivity contribution in [3.05, 3.63) is 0 Å². The van der Waals surface area contributed by atoms with Gasteiger partial charge >= 0.3 is 0 Å². The van der Waals surface area contributed by atoms with E-state index in [9.17, 15) is 9.59 Å². The van der Waals surface area contributed by atoms with E-state index >= 15 is 0 Å². The van der Waals surface area contributed by atoms with Gasteiger partial charge in [-0.3, -0.25) is 9.59 Å². The van der Waals surface area contributed by atoms with Crippen LogP contribution in [0.3, 0.4) is 0 Å². The van der Waals surface area contributed by atoms with E-state index in [2.05, 4.69) is 0 Å². The minimum absolute atomic E-state index is 0.131. The molecule has 0 saturated heterocycles. The molecule has 0 aromatic carbocycles. The van der Waals surface area contributed by atoms with Crippen LogP contribution in [0.4, 0.5) is 0 Å². The van der Waals surface area contributed by atoms with Crippen LogP contribution in [0.15, 0.2) is 0 Å². The second-order valence-corrected chi connectivity index (χ2v) is 7.05. The molecule has 0 spiro atoms. The second-order valence-electron chi connectivity index (χ2n) is 7.05. The summed E-state index contributed by atoms with van der Waals surface area (Å²) in [5.74, 6) is 1.07. The van der Waals surface area contributed by atoms with E-state index in [4.69, 9.17) is 0 Å². The lowest BCUT2D eigenvalue weighted by Crippen LogP contribution is -2.42. The smallest absolute Gasteiger partial charge is 0.147 e. The molecule has 5 fully saturated rings. The van der Waals surface area contributed by atoms with Crippen LogP contribution in [0, 0.1) is 21.7 Å². The molecule has 0 radical (unpaired) electrons. The predicted octanol–water partition coefficient (Wildman–Crippen LogP) is 2.26. The maximum atomic E-state index is 12.8. The monoisotopic (exact) mass is 216 g/mol. The summed E-state index contributed by atoms with van der Waals surface area (Å²) in [4.78, 5) is 25.6. The third-order valence-corrected chi connectivity index (χ3v) is 6.94. The number of hydrogen-bond donors (Lipinski definition) is 0. The lowest BCUT2D eigenvalue weighted by atomic mass is 9.69. The first-order valence-electron chi connectivity index (χ1n) is 6.74. The van der Waals surface area contributed by atoms with E-state index < -0.39 is 0 Å². The van der Waals surface area contributed by atoms with Gasteiger partial charge in [0.2, 0.25) is 0 Å². The zero-order chi connectivity index (χ0) is 10.8. The molecule has 0 unspecified atom stereocenters. The SMILES string of the molecule is O=C1[C@@]23CCC[C@@]2(C3)C(=O)[C@@]23CCC[C@@]12C3. The fourth-order valence-electron chi connectivity index (χ4n) is 6.20. The number of carbonyl (C=O) groups excluding carboxylic acids is 2. The Labute approximate surface area is 94.8 Å². The molecule has 5 aliphatic rings. The number of ketones is 2. The topological polar surface area (TPSA) is 34.1 Å². The average Bonchev–Trinajstić information content (AvgIpc) is 3.05. The first-order chi connectivity index (χ1) is 7.64. The van der Waals surface area contributed by atoms with Gasteiger partial charge in [0, 0.05) is 21.7 Å². The van der Waals surface area contributed by atoms with Gasteiger partial charge in [0.25, 0.3) is 0 Å². The van der Waals surface area contributed by atoms with E-state index in [-0.39, 0.29) is 21.7 Å². The lowest BCUT2D eigenvalue weighted by Gasteiger charge is -2.30. The fourth-order valence-corrected chi connectivity index (χ4v) is 6.20. The summed E-state index contributed by atoms with van der Waals surface area (Å²) in [5, 5.41) is 0. The van der Waals surface area contributed by atoms with Crippen molar-refractivity contribution in [2.45, 2.75) is 51.4 Å². The van der Waals surface area contributed by atoms with Crippen LogP contribution >= 0.6 is 0 Å². The molecule has 5 rings (SSSR count). The molecule has 0 N–H and O–H groups in total. The molecule has 0 aromatic heterocycles. The highest BCUT2D eigenvalue weighted by molar-refractivity contribution is 6.17. The summed E-state index contributed by atoms with van der Waals surface area (Å²) in [5.41, 5.74) is -0.522. The first kappa shape index (κ1) is 8.43. The zero-order valence-electron chi connectivity index (χ0n) is 9.47. The standard InChI is InChI=1S/C14H16O2/c15-9-11-3-1-4-12(11,7-11)10(16)14-6-2-5-13(9,14)8-14/h1-8H2/t11-,12+,13+,14-. The third kappa shape index (κ3) is 0.476. The third-order valence-electron chi connectivity index (χ3n) is 6.94. The molecule has 0 amide bonds. The van der Waals surface area contributed by atoms with E-state index in [1.54, 1.807) is 0 Å². The van der Waals surface area contributed by atoms with Crippen molar-refractivity contribution in [2.75, 3.05) is 0 Å². The molecule has 4 atom stereocenters. The van der Waals surface area contributed by atoms with Gasteiger partial charge in [-0.05, 0) is 38.5 Å². The number of carbonyl (C=O) groups is 2. The molecular weight excluding hydrogens is 200 g/mol. The summed E-state index contributed by atoms with van der Waals surface area (Å²) < 4.78 is 0. The molecule has 16 heavy (non-hydrogen) atoms. The highest BCUT2D eigenvalue weighted by Crippen LogP contribution is 2.90. The number of hydrogen-bond acceptors (Lipinski definition) is 2. The van der Waals surface area contributed by atoms with Crippen molar-refractivity contribution in [1.29, 1.82) is 0 Å². The summed E-state index contributed by atoms with van der Waals surface area (Å²) in [6, 6.07) is 0. The van der Waals surface area contributed by atoms with E-state index in [0.29, 0.717) is 11.6 Å². The Morgan fingerprint density at radius 2 is 0.938 bits per heavy atom. The van der Waals surface area contributed by atoms with Crippen LogP contribution in [0.25, 0.3) is 0 Å². The highest BCUT2D eigenvalue weighted by atomic mass is 16.2. The Balaban J connectivity index is 1.78. The van der Waals surface area contributed by atoms with Crippen molar-refractivity contribution < 1.29 is 9.59 Å². The molecule has 0 heterocycles. The first-order valence-corrected chi connectivity index (χ1v) is 6.74. The van der Waals surface area contributed by atoms with Crippen molar-refractivity contribution in [2.24, 2.45) is 21.7 Å². The quantitative estimate of drug-likeness (QED) is 0.622. The fraction of sp³-hybridized carbons (Fsp3) is 0.857. The zero-order valence-corrected chi connectivity index (χ0v) is 9.47. The summed E-state index contributed by atoms with van der Waals surface area (Å²) >= 11 is 0. The number of rotatable bonds is 0. The van der Waals surface area contributed by atoms with Crippen molar-refractivity contribution in [3.63, 3.8) is 0 Å². The van der Waals surface area contributed by atoms with E-state index in [1.165, 1.54) is 0 Å². The van der Waals surface area contributed by atoms with Gasteiger partial charge in [-0.25, -0.2) is 0 Å². The van der Waals surface area contributed by atoms with Crippen molar-refractivity contribution in [3.8, 4) is 0 Å². The van der Waals surface area contributed by atoms with Crippen molar-refractivity contribution in [1.82, 2.24) is 0 Å². The van der Waals surface area contributed by atoms with Crippen LogP contribution in [0.1, 0.15) is 51.4 Å². The molecule has 5 saturated carbocycles. The van der Waals surface area contributed by atoms with Gasteiger partial charge in [-0.15, -0.1) is 0 Å². The highest BCUT2D eigenvalue weighted by Gasteiger charge is 2.93. The molecule has 84 valence electrons. The maximum Gasteiger partial charge on any atom is 0.147 e. The molecule has 0 aromatic rings. The van der Waals surface area contributed by atoms with Crippen LogP contribution in [0.5, 0.6) is 0 Å². The number of Topliss-reactive ketones (excluding diaryl/α,β-unsaturated/α-hetero) is 2. The molecular formula is C14H16O2. The Morgan fingerprint density at radius 1 is 0.625 bits per heavy atom. The molecule has 2 nitrogen and oxygen atoms in total. The van der Waals surface area contributed by atoms with Gasteiger partial charge in [-0.2, -0.15) is 0 Å². The van der Waals surface area contributed by atoms with Gasteiger partial charge in [0.05, 0.1) is 0 Å². The second kappa shape index (κ2) is 1.83. The lowest BCUT2D eigenvalue weighted by molar-refractivity contribution is -0.144. The van der Waals surface area contributed by atoms with Crippen LogP contribution in [-0.2, 0) is 9.59 Å². The maximum absolute atomic E-state index is 12.8. The van der Waals surface area contributed by atoms with Gasteiger partial charge in [0.15, 0.2) is 0 Å². The Bertz CT molecular complexity index is 401. The van der Waals surface area contributed by atoms with Gasteiger partial charge < -0.3 is 0 Å². The Hall–Kier alpha value is -0.660. The summed E-state index contributed by atoms with van der Waals surface area (Å²) in [6.07, 6.45) is 8.19. The van der Waals surface area contributed by atoms with Crippen LogP contribution in [-0.4, -0.2) is 11.6 Å². The predicted molar refractivity (Wildman–Crippen MR) is 56.7 cm³/mol. The van der Waals surface area contributed by atoms with E-state index in [0.717, 1.165) is 51.4 Å². The molecule has 0 bridgehead atoms. The largest absolute Gasteiger partial charge is 0.298 e. The average molecular weight is 216 g/mol. The Morgan fingerprint density at radius 3 is 1.25 bits per heavy atom. The normalized spacial score (nSPS) is 64.8. The molecule has 0 aliphatic heterocycles. The van der Waals surface area contributed by atoms with E-state index in [1.807, 2.05) is 0 Å². The van der Waals surface area contributed by atoms with Crippen LogP contribution < -0.4 is 0 Å². The summed E-state index contributed by atoms with van der Waals surface area (Å²) in [6.45, 7) is 0. The molecule has 2 heteroatoms. The van der Waals surface area contributed by atoms with Crippen molar-refractivity contribution >= 4 is 11.6 Å². The Kier molecular flexibility index (Phi) is 0.965. The minimum atomic E-state index is -0.131. The summed E-state index contributed by atoms with van der Waals surface area (Å²) in [7, 11) is 0.